The molecule has 2 rings (SSSR count). The van der Waals surface area contributed by atoms with Crippen molar-refractivity contribution in [3.05, 3.63) is 57.3 Å². The quantitative estimate of drug-likeness (QED) is 0.621. The van der Waals surface area contributed by atoms with E-state index in [0.717, 1.165) is 28.0 Å². The number of aryl methyl sites for hydroxylation is 2. The maximum atomic E-state index is 12.1. The van der Waals surface area contributed by atoms with Crippen LogP contribution < -0.4 is 0 Å². The van der Waals surface area contributed by atoms with Crippen LogP contribution in [0.5, 0.6) is 0 Å². The first-order valence-electron chi connectivity index (χ1n) is 6.55. The van der Waals surface area contributed by atoms with Crippen LogP contribution in [0.3, 0.4) is 0 Å². The highest BCUT2D eigenvalue weighted by Crippen LogP contribution is 2.16. The molecular weight excluding hydrogens is 316 g/mol. The molecule has 0 fully saturated rings. The molecule has 0 bridgehead atoms. The van der Waals surface area contributed by atoms with Crippen LogP contribution in [-0.2, 0) is 6.54 Å². The van der Waals surface area contributed by atoms with E-state index in [1.807, 2.05) is 48.9 Å². The Hall–Kier alpha value is -1.68. The third kappa shape index (κ3) is 3.07. The van der Waals surface area contributed by atoms with Gasteiger partial charge in [-0.25, -0.2) is 0 Å². The van der Waals surface area contributed by atoms with Gasteiger partial charge in [-0.05, 0) is 57.2 Å². The minimum absolute atomic E-state index is 0.000508. The van der Waals surface area contributed by atoms with Gasteiger partial charge in [-0.15, -0.1) is 0 Å². The number of nitrogens with zero attached hydrogens (tertiary/aromatic N) is 2. The highest BCUT2D eigenvalue weighted by atomic mass is 79.9. The van der Waals surface area contributed by atoms with Crippen LogP contribution in [-0.4, -0.2) is 15.6 Å². The van der Waals surface area contributed by atoms with Gasteiger partial charge in [0.15, 0.2) is 5.78 Å². The minimum Gasteiger partial charge on any atom is -0.289 e. The van der Waals surface area contributed by atoms with Gasteiger partial charge < -0.3 is 0 Å². The molecule has 1 aromatic carbocycles. The van der Waals surface area contributed by atoms with Crippen LogP contribution in [0.15, 0.2) is 34.8 Å². The fourth-order valence-corrected chi connectivity index (χ4v) is 2.39. The minimum atomic E-state index is 0.000508. The molecule has 1 heterocycles. The smallest absolute Gasteiger partial charge is 0.185 e. The fraction of sp³-hybridized carbons (Fsp3) is 0.250. The van der Waals surface area contributed by atoms with Crippen molar-refractivity contribution in [1.29, 1.82) is 0 Å². The summed E-state index contributed by atoms with van der Waals surface area (Å²) in [6.07, 6.45) is 3.47. The summed E-state index contributed by atoms with van der Waals surface area (Å²) in [4.78, 5) is 12.1. The Kier molecular flexibility index (Phi) is 4.55. The number of hydrogen-bond acceptors (Lipinski definition) is 2. The molecule has 4 heteroatoms. The molecule has 0 aliphatic carbocycles. The van der Waals surface area contributed by atoms with Gasteiger partial charge in [-0.2, -0.15) is 5.10 Å². The van der Waals surface area contributed by atoms with E-state index in [0.29, 0.717) is 5.56 Å². The number of allylic oxidation sites excluding steroid dienone is 1. The lowest BCUT2D eigenvalue weighted by Gasteiger charge is -1.99. The molecule has 0 radical (unpaired) electrons. The molecule has 0 N–H and O–H groups in total. The van der Waals surface area contributed by atoms with Gasteiger partial charge >= 0.3 is 0 Å². The zero-order valence-electron chi connectivity index (χ0n) is 11.9. The molecule has 0 unspecified atom stereocenters. The Bertz CT molecular complexity index is 654. The third-order valence-electron chi connectivity index (χ3n) is 3.27. The van der Waals surface area contributed by atoms with Crippen LogP contribution in [0.4, 0.5) is 0 Å². The lowest BCUT2D eigenvalue weighted by Crippen LogP contribution is -1.98. The van der Waals surface area contributed by atoms with Crippen LogP contribution in [0.25, 0.3) is 6.08 Å². The Morgan fingerprint density at radius 3 is 2.50 bits per heavy atom. The van der Waals surface area contributed by atoms with E-state index in [-0.39, 0.29) is 5.78 Å². The molecule has 0 aliphatic heterocycles. The average Bonchev–Trinajstić information content (AvgIpc) is 2.71. The number of carbonyl (C=O) groups excluding carboxylic acids is 1. The highest BCUT2D eigenvalue weighted by molar-refractivity contribution is 9.10. The van der Waals surface area contributed by atoms with Crippen molar-refractivity contribution >= 4 is 27.8 Å². The van der Waals surface area contributed by atoms with Gasteiger partial charge in [-0.1, -0.05) is 15.9 Å². The Balaban J connectivity index is 2.23. The van der Waals surface area contributed by atoms with E-state index < -0.39 is 0 Å². The summed E-state index contributed by atoms with van der Waals surface area (Å²) in [5.74, 6) is 0.000508. The molecule has 20 heavy (non-hydrogen) atoms. The van der Waals surface area contributed by atoms with Crippen LogP contribution in [0.1, 0.15) is 34.2 Å². The standard InChI is InChI=1S/C16H17BrN2O/c1-4-19-12(3)15(11(2)18-19)9-10-16(20)13-5-7-14(17)8-6-13/h5-10H,4H2,1-3H3. The molecule has 3 nitrogen and oxygen atoms in total. The Morgan fingerprint density at radius 1 is 1.30 bits per heavy atom. The first kappa shape index (κ1) is 14.7. The largest absolute Gasteiger partial charge is 0.289 e. The normalized spacial score (nSPS) is 11.2. The second kappa shape index (κ2) is 6.18. The molecule has 104 valence electrons. The molecule has 0 spiro atoms. The topological polar surface area (TPSA) is 34.9 Å². The molecule has 0 aliphatic rings. The number of ketones is 1. The van der Waals surface area contributed by atoms with E-state index in [9.17, 15) is 4.79 Å². The van der Waals surface area contributed by atoms with Crippen molar-refractivity contribution in [3.8, 4) is 0 Å². The lowest BCUT2D eigenvalue weighted by molar-refractivity contribution is 0.104. The molecule has 1 aromatic heterocycles. The van der Waals surface area contributed by atoms with Gasteiger partial charge in [0, 0.05) is 27.8 Å². The van der Waals surface area contributed by atoms with E-state index >= 15 is 0 Å². The predicted molar refractivity (Wildman–Crippen MR) is 84.9 cm³/mol. The Morgan fingerprint density at radius 2 is 1.95 bits per heavy atom. The third-order valence-corrected chi connectivity index (χ3v) is 3.80. The molecule has 0 atom stereocenters. The molecule has 0 amide bonds. The van der Waals surface area contributed by atoms with Crippen molar-refractivity contribution in [3.63, 3.8) is 0 Å². The second-order valence-corrected chi connectivity index (χ2v) is 5.52. The summed E-state index contributed by atoms with van der Waals surface area (Å²) >= 11 is 3.36. The SMILES string of the molecule is CCn1nc(C)c(C=CC(=O)c2ccc(Br)cc2)c1C. The molecule has 2 aromatic rings. The number of halogens is 1. The van der Waals surface area contributed by atoms with Gasteiger partial charge in [0.25, 0.3) is 0 Å². The number of aromatic nitrogens is 2. The maximum absolute atomic E-state index is 12.1. The summed E-state index contributed by atoms with van der Waals surface area (Å²) in [6.45, 7) is 6.87. The van der Waals surface area contributed by atoms with Crippen molar-refractivity contribution in [1.82, 2.24) is 9.78 Å². The van der Waals surface area contributed by atoms with Crippen LogP contribution in [0, 0.1) is 13.8 Å². The van der Waals surface area contributed by atoms with Crippen molar-refractivity contribution in [2.45, 2.75) is 27.3 Å². The summed E-state index contributed by atoms with van der Waals surface area (Å²) < 4.78 is 2.91. The number of rotatable bonds is 4. The lowest BCUT2D eigenvalue weighted by atomic mass is 10.1. The molecule has 0 saturated carbocycles. The average molecular weight is 333 g/mol. The Labute approximate surface area is 127 Å². The molecule has 0 saturated heterocycles. The van der Waals surface area contributed by atoms with Crippen molar-refractivity contribution < 1.29 is 4.79 Å². The van der Waals surface area contributed by atoms with Crippen LogP contribution in [0.2, 0.25) is 0 Å². The van der Waals surface area contributed by atoms with Gasteiger partial charge in [0.2, 0.25) is 0 Å². The monoisotopic (exact) mass is 332 g/mol. The van der Waals surface area contributed by atoms with Gasteiger partial charge in [0.05, 0.1) is 5.69 Å². The summed E-state index contributed by atoms with van der Waals surface area (Å²) in [6, 6.07) is 7.36. The summed E-state index contributed by atoms with van der Waals surface area (Å²) in [7, 11) is 0. The first-order valence-corrected chi connectivity index (χ1v) is 7.34. The van der Waals surface area contributed by atoms with E-state index in [4.69, 9.17) is 0 Å². The van der Waals surface area contributed by atoms with E-state index in [1.54, 1.807) is 6.08 Å². The van der Waals surface area contributed by atoms with Gasteiger partial charge in [-0.3, -0.25) is 9.48 Å². The zero-order chi connectivity index (χ0) is 14.7. The summed E-state index contributed by atoms with van der Waals surface area (Å²) in [5, 5.41) is 4.44. The zero-order valence-corrected chi connectivity index (χ0v) is 13.4. The number of hydrogen-bond donors (Lipinski definition) is 0. The van der Waals surface area contributed by atoms with Crippen LogP contribution >= 0.6 is 15.9 Å². The molecular formula is C16H17BrN2O. The van der Waals surface area contributed by atoms with E-state index in [1.165, 1.54) is 0 Å². The predicted octanol–water partition coefficient (Wildman–Crippen LogP) is 4.18. The van der Waals surface area contributed by atoms with Crippen molar-refractivity contribution in [2.24, 2.45) is 0 Å². The first-order chi connectivity index (χ1) is 9.52. The highest BCUT2D eigenvalue weighted by Gasteiger charge is 2.08. The number of carbonyl (C=O) groups is 1. The van der Waals surface area contributed by atoms with Gasteiger partial charge in [0.1, 0.15) is 0 Å². The second-order valence-electron chi connectivity index (χ2n) is 4.60. The maximum Gasteiger partial charge on any atom is 0.185 e. The summed E-state index contributed by atoms with van der Waals surface area (Å²) in [5.41, 5.74) is 3.74. The van der Waals surface area contributed by atoms with E-state index in [2.05, 4.69) is 28.0 Å². The number of benzene rings is 1. The van der Waals surface area contributed by atoms with Crippen molar-refractivity contribution in [2.75, 3.05) is 0 Å². The fourth-order valence-electron chi connectivity index (χ4n) is 2.13.